The summed E-state index contributed by atoms with van der Waals surface area (Å²) >= 11 is -0.556. The normalized spacial score (nSPS) is 10.7. The van der Waals surface area contributed by atoms with Crippen LogP contribution in [0, 0.1) is 6.92 Å². The van der Waals surface area contributed by atoms with Crippen molar-refractivity contribution in [3.63, 3.8) is 0 Å². The molecule has 0 saturated carbocycles. The summed E-state index contributed by atoms with van der Waals surface area (Å²) in [6.45, 7) is 6.73. The zero-order valence-electron chi connectivity index (χ0n) is 21.7. The molecule has 0 radical (unpaired) electrons. The van der Waals surface area contributed by atoms with Crippen molar-refractivity contribution < 1.29 is 17.0 Å². The Hall–Kier alpha value is -0.616. The van der Waals surface area contributed by atoms with Gasteiger partial charge in [0.25, 0.3) is 0 Å². The van der Waals surface area contributed by atoms with Crippen LogP contribution in [0.4, 0.5) is 0 Å². The molecule has 0 aliphatic carbocycles. The van der Waals surface area contributed by atoms with Crippen LogP contribution in [-0.2, 0) is 17.0 Å². The number of rotatable bonds is 11. The Balaban J connectivity index is 0.000000273. The van der Waals surface area contributed by atoms with Crippen molar-refractivity contribution >= 4 is 53.4 Å². The molecule has 0 heterocycles. The molecule has 4 aromatic rings. The van der Waals surface area contributed by atoms with Crippen molar-refractivity contribution in [2.75, 3.05) is 12.3 Å². The maximum absolute atomic E-state index is 4.89. The minimum atomic E-state index is -0.556. The second kappa shape index (κ2) is 18.6. The van der Waals surface area contributed by atoms with Crippen LogP contribution < -0.4 is 5.30 Å². The van der Waals surface area contributed by atoms with E-state index in [1.54, 1.807) is 5.30 Å². The SMILES string of the molecule is CCCCCCP(CCCCCC)c1cc2ccccc2[cH-]1.Cc1cc2ccccc2[cH-]1.[Cl][Ti][Cl]. The minimum absolute atomic E-state index is 0.0642. The fourth-order valence-electron chi connectivity index (χ4n) is 4.45. The monoisotopic (exact) mass is 562 g/mol. The van der Waals surface area contributed by atoms with E-state index in [4.69, 9.17) is 18.6 Å². The molecule has 0 bridgehead atoms. The van der Waals surface area contributed by atoms with Crippen molar-refractivity contribution in [1.29, 1.82) is 0 Å². The quantitative estimate of drug-likeness (QED) is 0.0737. The van der Waals surface area contributed by atoms with E-state index in [-0.39, 0.29) is 7.92 Å². The molecule has 0 nitrogen and oxygen atoms in total. The third-order valence-electron chi connectivity index (χ3n) is 6.29. The molecule has 0 atom stereocenters. The van der Waals surface area contributed by atoms with E-state index in [2.05, 4.69) is 93.6 Å². The summed E-state index contributed by atoms with van der Waals surface area (Å²) in [5.41, 5.74) is 1.35. The fourth-order valence-corrected chi connectivity index (χ4v) is 7.05. The van der Waals surface area contributed by atoms with Gasteiger partial charge in [-0.05, 0) is 25.2 Å². The summed E-state index contributed by atoms with van der Waals surface area (Å²) in [5.74, 6) is 0. The van der Waals surface area contributed by atoms with Crippen molar-refractivity contribution in [2.24, 2.45) is 0 Å². The van der Waals surface area contributed by atoms with Gasteiger partial charge in [-0.25, -0.2) is 0 Å². The average molecular weight is 563 g/mol. The molecule has 0 aliphatic rings. The van der Waals surface area contributed by atoms with Gasteiger partial charge in [-0.15, -0.1) is 80.9 Å². The Bertz CT molecular complexity index is 990. The standard InChI is InChI=1S/C21H32P.C10H9.2ClH.Ti/c1-3-5-7-11-15-22(16-12-8-6-4-2)21-17-19-13-9-10-14-20(19)18-21;1-8-6-9-4-2-3-5-10(9)7-8;;;/h9-10,13-14,17-18H,3-8,11-12,15-16H2,1-2H3;2-7H,1H3;2*1H;/q2*-1;;;+2/p-2. The van der Waals surface area contributed by atoms with Gasteiger partial charge < -0.3 is 0 Å². The van der Waals surface area contributed by atoms with Gasteiger partial charge in [-0.1, -0.05) is 79.4 Å². The average Bonchev–Trinajstić information content (AvgIpc) is 3.46. The van der Waals surface area contributed by atoms with Gasteiger partial charge in [-0.2, -0.15) is 12.1 Å². The number of unbranched alkanes of at least 4 members (excludes halogenated alkanes) is 6. The molecule has 0 amide bonds. The topological polar surface area (TPSA) is 0 Å². The van der Waals surface area contributed by atoms with Crippen LogP contribution in [0.3, 0.4) is 0 Å². The van der Waals surface area contributed by atoms with E-state index in [1.165, 1.54) is 90.8 Å². The Morgan fingerprint density at radius 1 is 0.686 bits per heavy atom. The predicted molar refractivity (Wildman–Crippen MR) is 160 cm³/mol. The summed E-state index contributed by atoms with van der Waals surface area (Å²) in [5, 5.41) is 7.23. The third kappa shape index (κ3) is 11.5. The Morgan fingerprint density at radius 3 is 1.66 bits per heavy atom. The molecule has 4 aromatic carbocycles. The predicted octanol–water partition coefficient (Wildman–Crippen LogP) is 11.1. The van der Waals surface area contributed by atoms with Gasteiger partial charge in [0, 0.05) is 0 Å². The Labute approximate surface area is 232 Å². The zero-order chi connectivity index (χ0) is 25.3. The summed E-state index contributed by atoms with van der Waals surface area (Å²) in [6.07, 6.45) is 14.1. The van der Waals surface area contributed by atoms with Crippen LogP contribution in [-0.4, -0.2) is 12.3 Å². The molecular formula is C31H41Cl2PTi-2. The number of hydrogen-bond acceptors (Lipinski definition) is 0. The summed E-state index contributed by atoms with van der Waals surface area (Å²) in [7, 11) is 9.84. The summed E-state index contributed by atoms with van der Waals surface area (Å²) in [6, 6.07) is 26.6. The van der Waals surface area contributed by atoms with Crippen LogP contribution in [0.5, 0.6) is 0 Å². The van der Waals surface area contributed by atoms with Gasteiger partial charge >= 0.3 is 35.6 Å². The molecule has 4 heteroatoms. The molecule has 190 valence electrons. The second-order valence-electron chi connectivity index (χ2n) is 9.18. The number of fused-ring (bicyclic) bond motifs is 2. The first kappa shape index (κ1) is 30.6. The fraction of sp³-hybridized carbons (Fsp3) is 0.419. The Kier molecular flexibility index (Phi) is 16.3. The van der Waals surface area contributed by atoms with Crippen molar-refractivity contribution in [3.8, 4) is 0 Å². The van der Waals surface area contributed by atoms with Crippen LogP contribution in [0.25, 0.3) is 21.5 Å². The molecule has 0 spiro atoms. The zero-order valence-corrected chi connectivity index (χ0v) is 25.7. The van der Waals surface area contributed by atoms with Gasteiger partial charge in [-0.3, -0.25) is 0 Å². The molecule has 0 aromatic heterocycles. The number of benzene rings is 2. The number of aryl methyl sites for hydroxylation is 1. The molecular weight excluding hydrogens is 522 g/mol. The van der Waals surface area contributed by atoms with Gasteiger partial charge in [0.1, 0.15) is 0 Å². The molecule has 0 unspecified atom stereocenters. The maximum atomic E-state index is 4.89. The molecule has 0 saturated heterocycles. The van der Waals surface area contributed by atoms with Gasteiger partial charge in [0.05, 0.1) is 0 Å². The van der Waals surface area contributed by atoms with Crippen LogP contribution in [0.15, 0.2) is 72.8 Å². The number of halogens is 2. The first-order valence-corrected chi connectivity index (χ1v) is 19.1. The van der Waals surface area contributed by atoms with Crippen LogP contribution in [0.2, 0.25) is 0 Å². The molecule has 0 fully saturated rings. The molecule has 4 rings (SSSR count). The van der Waals surface area contributed by atoms with E-state index < -0.39 is 17.0 Å². The van der Waals surface area contributed by atoms with E-state index in [1.807, 2.05) is 0 Å². The summed E-state index contributed by atoms with van der Waals surface area (Å²) < 4.78 is 0. The first-order chi connectivity index (χ1) is 17.1. The van der Waals surface area contributed by atoms with Crippen molar-refractivity contribution in [2.45, 2.75) is 72.1 Å². The number of hydrogen-bond donors (Lipinski definition) is 0. The van der Waals surface area contributed by atoms with E-state index in [0.717, 1.165) is 0 Å². The Morgan fingerprint density at radius 2 is 1.17 bits per heavy atom. The molecule has 35 heavy (non-hydrogen) atoms. The van der Waals surface area contributed by atoms with Crippen LogP contribution in [0.1, 0.15) is 70.8 Å². The summed E-state index contributed by atoms with van der Waals surface area (Å²) in [4.78, 5) is 0. The third-order valence-corrected chi connectivity index (χ3v) is 8.99. The van der Waals surface area contributed by atoms with E-state index in [0.29, 0.717) is 0 Å². The van der Waals surface area contributed by atoms with E-state index in [9.17, 15) is 0 Å². The van der Waals surface area contributed by atoms with Crippen molar-refractivity contribution in [1.82, 2.24) is 0 Å². The second-order valence-corrected chi connectivity index (χ2v) is 14.3. The first-order valence-electron chi connectivity index (χ1n) is 13.1. The van der Waals surface area contributed by atoms with E-state index >= 15 is 0 Å². The molecule has 0 aliphatic heterocycles. The van der Waals surface area contributed by atoms with Gasteiger partial charge in [0.2, 0.25) is 0 Å². The van der Waals surface area contributed by atoms with Crippen LogP contribution >= 0.6 is 26.5 Å². The van der Waals surface area contributed by atoms with Gasteiger partial charge in [0.15, 0.2) is 0 Å². The van der Waals surface area contributed by atoms with Crippen molar-refractivity contribution in [3.05, 3.63) is 78.4 Å². The molecule has 0 N–H and O–H groups in total.